The number of pyridine rings is 1. The zero-order chi connectivity index (χ0) is 15.4. The van der Waals surface area contributed by atoms with Crippen molar-refractivity contribution in [2.24, 2.45) is 0 Å². The lowest BCUT2D eigenvalue weighted by atomic mass is 10.1. The van der Waals surface area contributed by atoms with Gasteiger partial charge in [-0.05, 0) is 35.6 Å². The summed E-state index contributed by atoms with van der Waals surface area (Å²) in [5.41, 5.74) is 1.05. The van der Waals surface area contributed by atoms with Crippen molar-refractivity contribution in [2.45, 2.75) is 11.3 Å². The summed E-state index contributed by atoms with van der Waals surface area (Å²) in [5.74, 6) is 0. The molecule has 0 aliphatic heterocycles. The number of sulfonamides is 1. The van der Waals surface area contributed by atoms with E-state index in [9.17, 15) is 8.42 Å². The number of nitrogens with zero attached hydrogens (tertiary/aromatic N) is 1. The molecule has 0 fully saturated rings. The molecule has 3 rings (SSSR count). The lowest BCUT2D eigenvalue weighted by Crippen LogP contribution is -2.26. The van der Waals surface area contributed by atoms with E-state index in [2.05, 4.69) is 9.71 Å². The van der Waals surface area contributed by atoms with Crippen LogP contribution in [0.5, 0.6) is 0 Å². The minimum absolute atomic E-state index is 0.320. The summed E-state index contributed by atoms with van der Waals surface area (Å²) in [6, 6.07) is 16.5. The minimum Gasteiger partial charge on any atom is -0.265 e. The van der Waals surface area contributed by atoms with Crippen molar-refractivity contribution < 1.29 is 8.42 Å². The lowest BCUT2D eigenvalue weighted by molar-refractivity contribution is 0.582. The Balaban J connectivity index is 1.80. The average molecular weight is 312 g/mol. The van der Waals surface area contributed by atoms with Crippen LogP contribution in [0.2, 0.25) is 0 Å². The standard InChI is InChI=1S/C17H16N2O2S/c20-22(21,19-13-10-14-8-11-18-12-9-14)17-7-3-5-15-4-1-2-6-16(15)17/h1-9,11-12,19H,10,13H2. The molecule has 2 aromatic carbocycles. The first-order chi connectivity index (χ1) is 10.7. The molecule has 0 saturated carbocycles. The fourth-order valence-corrected chi connectivity index (χ4v) is 3.65. The highest BCUT2D eigenvalue weighted by Gasteiger charge is 2.16. The quantitative estimate of drug-likeness (QED) is 0.788. The van der Waals surface area contributed by atoms with E-state index in [1.165, 1.54) is 0 Å². The number of hydrogen-bond acceptors (Lipinski definition) is 3. The van der Waals surface area contributed by atoms with Crippen LogP contribution in [0.25, 0.3) is 10.8 Å². The molecule has 4 nitrogen and oxygen atoms in total. The molecule has 0 unspecified atom stereocenters. The van der Waals surface area contributed by atoms with Gasteiger partial charge in [0.25, 0.3) is 0 Å². The van der Waals surface area contributed by atoms with Gasteiger partial charge in [0.2, 0.25) is 10.0 Å². The molecule has 3 aromatic rings. The molecular formula is C17H16N2O2S. The van der Waals surface area contributed by atoms with E-state index < -0.39 is 10.0 Å². The van der Waals surface area contributed by atoms with Crippen LogP contribution in [0.1, 0.15) is 5.56 Å². The first kappa shape index (κ1) is 14.7. The molecule has 0 atom stereocenters. The Kier molecular flexibility index (Phi) is 4.18. The molecule has 5 heteroatoms. The normalized spacial score (nSPS) is 11.6. The molecule has 0 aliphatic carbocycles. The van der Waals surface area contributed by atoms with Gasteiger partial charge in [0.15, 0.2) is 0 Å². The summed E-state index contributed by atoms with van der Waals surface area (Å²) in [5, 5.41) is 1.65. The second kappa shape index (κ2) is 6.25. The third-order valence-electron chi connectivity index (χ3n) is 3.49. The van der Waals surface area contributed by atoms with Gasteiger partial charge in [0.05, 0.1) is 4.90 Å². The fraction of sp³-hybridized carbons (Fsp3) is 0.118. The van der Waals surface area contributed by atoms with Crippen LogP contribution >= 0.6 is 0 Å². The van der Waals surface area contributed by atoms with Crippen LogP contribution in [0.3, 0.4) is 0 Å². The molecule has 1 aromatic heterocycles. The second-order valence-corrected chi connectivity index (χ2v) is 6.72. The van der Waals surface area contributed by atoms with Gasteiger partial charge >= 0.3 is 0 Å². The van der Waals surface area contributed by atoms with Crippen molar-refractivity contribution in [2.75, 3.05) is 6.54 Å². The maximum atomic E-state index is 12.5. The molecule has 0 saturated heterocycles. The lowest BCUT2D eigenvalue weighted by Gasteiger charge is -2.09. The largest absolute Gasteiger partial charge is 0.265 e. The second-order valence-electron chi connectivity index (χ2n) is 4.98. The van der Waals surface area contributed by atoms with Crippen molar-refractivity contribution in [3.63, 3.8) is 0 Å². The van der Waals surface area contributed by atoms with E-state index in [1.54, 1.807) is 24.5 Å². The SMILES string of the molecule is O=S(=O)(NCCc1ccncc1)c1cccc2ccccc12. The average Bonchev–Trinajstić information content (AvgIpc) is 2.55. The Labute approximate surface area is 129 Å². The van der Waals surface area contributed by atoms with Crippen LogP contribution in [0, 0.1) is 0 Å². The molecule has 1 heterocycles. The highest BCUT2D eigenvalue weighted by Crippen LogP contribution is 2.22. The zero-order valence-corrected chi connectivity index (χ0v) is 12.8. The van der Waals surface area contributed by atoms with E-state index >= 15 is 0 Å². The smallest absolute Gasteiger partial charge is 0.241 e. The predicted molar refractivity (Wildman–Crippen MR) is 87.1 cm³/mol. The molecule has 0 amide bonds. The van der Waals surface area contributed by atoms with Crippen LogP contribution in [0.4, 0.5) is 0 Å². The van der Waals surface area contributed by atoms with E-state index in [4.69, 9.17) is 0 Å². The van der Waals surface area contributed by atoms with Crippen molar-refractivity contribution >= 4 is 20.8 Å². The third-order valence-corrected chi connectivity index (χ3v) is 5.01. The highest BCUT2D eigenvalue weighted by molar-refractivity contribution is 7.89. The van der Waals surface area contributed by atoms with E-state index in [0.717, 1.165) is 16.3 Å². The van der Waals surface area contributed by atoms with Crippen molar-refractivity contribution in [3.05, 3.63) is 72.6 Å². The highest BCUT2D eigenvalue weighted by atomic mass is 32.2. The van der Waals surface area contributed by atoms with E-state index in [-0.39, 0.29) is 0 Å². The minimum atomic E-state index is -3.52. The van der Waals surface area contributed by atoms with Crippen LogP contribution in [-0.2, 0) is 16.4 Å². The predicted octanol–water partition coefficient (Wildman–Crippen LogP) is 2.76. The topological polar surface area (TPSA) is 59.1 Å². The van der Waals surface area contributed by atoms with Crippen molar-refractivity contribution in [3.8, 4) is 0 Å². The summed E-state index contributed by atoms with van der Waals surface area (Å²) in [7, 11) is -3.52. The van der Waals surface area contributed by atoms with Crippen LogP contribution in [0.15, 0.2) is 71.9 Å². The Morgan fingerprint density at radius 1 is 0.909 bits per heavy atom. The third kappa shape index (κ3) is 3.16. The van der Waals surface area contributed by atoms with Gasteiger partial charge in [-0.25, -0.2) is 13.1 Å². The molecular weight excluding hydrogens is 296 g/mol. The van der Waals surface area contributed by atoms with Gasteiger partial charge in [-0.1, -0.05) is 36.4 Å². The molecule has 112 valence electrons. The number of hydrogen-bond donors (Lipinski definition) is 1. The van der Waals surface area contributed by atoms with Crippen molar-refractivity contribution in [1.29, 1.82) is 0 Å². The molecule has 0 bridgehead atoms. The van der Waals surface area contributed by atoms with Crippen molar-refractivity contribution in [1.82, 2.24) is 9.71 Å². The summed E-state index contributed by atoms with van der Waals surface area (Å²) in [6.45, 7) is 0.357. The number of rotatable bonds is 5. The van der Waals surface area contributed by atoms with Gasteiger partial charge in [-0.3, -0.25) is 4.98 Å². The zero-order valence-electron chi connectivity index (χ0n) is 11.9. The molecule has 1 N–H and O–H groups in total. The first-order valence-corrected chi connectivity index (χ1v) is 8.51. The summed E-state index contributed by atoms with van der Waals surface area (Å²) < 4.78 is 27.7. The Morgan fingerprint density at radius 2 is 1.64 bits per heavy atom. The monoisotopic (exact) mass is 312 g/mol. The maximum absolute atomic E-state index is 12.5. The number of benzene rings is 2. The number of aromatic nitrogens is 1. The summed E-state index contributed by atoms with van der Waals surface area (Å²) in [4.78, 5) is 4.27. The van der Waals surface area contributed by atoms with Gasteiger partial charge in [-0.15, -0.1) is 0 Å². The number of nitrogens with one attached hydrogen (secondary N) is 1. The van der Waals surface area contributed by atoms with Gasteiger partial charge in [-0.2, -0.15) is 0 Å². The van der Waals surface area contributed by atoms with E-state index in [1.807, 2.05) is 42.5 Å². The molecule has 0 aliphatic rings. The number of fused-ring (bicyclic) bond motifs is 1. The maximum Gasteiger partial charge on any atom is 0.241 e. The fourth-order valence-electron chi connectivity index (χ4n) is 2.39. The van der Waals surface area contributed by atoms with Gasteiger partial charge < -0.3 is 0 Å². The Bertz CT molecular complexity index is 872. The first-order valence-electron chi connectivity index (χ1n) is 7.03. The Morgan fingerprint density at radius 3 is 2.45 bits per heavy atom. The van der Waals surface area contributed by atoms with E-state index in [0.29, 0.717) is 17.9 Å². The summed E-state index contributed by atoms with van der Waals surface area (Å²) in [6.07, 6.45) is 4.04. The molecule has 0 radical (unpaired) electrons. The van der Waals surface area contributed by atoms with Crippen LogP contribution in [-0.4, -0.2) is 19.9 Å². The molecule has 0 spiro atoms. The van der Waals surface area contributed by atoms with Gasteiger partial charge in [0.1, 0.15) is 0 Å². The molecule has 22 heavy (non-hydrogen) atoms. The van der Waals surface area contributed by atoms with Crippen LogP contribution < -0.4 is 4.72 Å². The summed E-state index contributed by atoms with van der Waals surface area (Å²) >= 11 is 0. The van der Waals surface area contributed by atoms with Gasteiger partial charge in [0, 0.05) is 24.3 Å². The Hall–Kier alpha value is -2.24.